The summed E-state index contributed by atoms with van der Waals surface area (Å²) in [6.45, 7) is 0. The Morgan fingerprint density at radius 2 is 1.71 bits per heavy atom. The van der Waals surface area contributed by atoms with Crippen LogP contribution in [0.15, 0.2) is 46.5 Å². The lowest BCUT2D eigenvalue weighted by Crippen LogP contribution is -1.94. The molecule has 0 saturated heterocycles. The monoisotopic (exact) mass is 238 g/mol. The molecule has 0 amide bonds. The molecule has 17 heavy (non-hydrogen) atoms. The van der Waals surface area contributed by atoms with Gasteiger partial charge in [-0.2, -0.15) is 10.5 Å². The number of aromatic nitrogens is 2. The average molecular weight is 238 g/mol. The SMILES string of the molecule is N#Cc1ncc(Sc2ccccc2)nc1C#N. The van der Waals surface area contributed by atoms with E-state index < -0.39 is 0 Å². The van der Waals surface area contributed by atoms with Crippen molar-refractivity contribution >= 4 is 11.8 Å². The maximum absolute atomic E-state index is 8.83. The third kappa shape index (κ3) is 2.60. The van der Waals surface area contributed by atoms with E-state index in [1.807, 2.05) is 42.5 Å². The predicted octanol–water partition coefficient (Wildman–Crippen LogP) is 2.37. The highest BCUT2D eigenvalue weighted by atomic mass is 32.2. The van der Waals surface area contributed by atoms with Crippen LogP contribution in [0.4, 0.5) is 0 Å². The zero-order valence-electron chi connectivity index (χ0n) is 8.66. The lowest BCUT2D eigenvalue weighted by atomic mass is 10.3. The van der Waals surface area contributed by atoms with Gasteiger partial charge in [-0.15, -0.1) is 0 Å². The first-order valence-electron chi connectivity index (χ1n) is 4.73. The summed E-state index contributed by atoms with van der Waals surface area (Å²) < 4.78 is 0. The molecule has 0 aliphatic heterocycles. The van der Waals surface area contributed by atoms with Crippen LogP contribution in [0.2, 0.25) is 0 Å². The Kier molecular flexibility index (Phi) is 3.34. The van der Waals surface area contributed by atoms with Crippen LogP contribution in [0, 0.1) is 22.7 Å². The topological polar surface area (TPSA) is 73.4 Å². The van der Waals surface area contributed by atoms with E-state index in [4.69, 9.17) is 10.5 Å². The summed E-state index contributed by atoms with van der Waals surface area (Å²) in [6.07, 6.45) is 1.50. The van der Waals surface area contributed by atoms with Gasteiger partial charge < -0.3 is 0 Å². The van der Waals surface area contributed by atoms with Crippen molar-refractivity contribution in [3.63, 3.8) is 0 Å². The van der Waals surface area contributed by atoms with Gasteiger partial charge in [0.2, 0.25) is 0 Å². The largest absolute Gasteiger partial charge is 0.240 e. The standard InChI is InChI=1S/C12H6N4S/c13-6-10-11(7-14)16-12(8-15-10)17-9-4-2-1-3-5-9/h1-5,8H. The van der Waals surface area contributed by atoms with Crippen LogP contribution in [0.5, 0.6) is 0 Å². The van der Waals surface area contributed by atoms with Crippen LogP contribution < -0.4 is 0 Å². The van der Waals surface area contributed by atoms with Crippen molar-refractivity contribution < 1.29 is 0 Å². The number of nitrogens with zero attached hydrogens (tertiary/aromatic N) is 4. The summed E-state index contributed by atoms with van der Waals surface area (Å²) in [6, 6.07) is 13.3. The molecular weight excluding hydrogens is 232 g/mol. The van der Waals surface area contributed by atoms with E-state index in [9.17, 15) is 0 Å². The van der Waals surface area contributed by atoms with Crippen LogP contribution >= 0.6 is 11.8 Å². The van der Waals surface area contributed by atoms with E-state index >= 15 is 0 Å². The highest BCUT2D eigenvalue weighted by Gasteiger charge is 2.07. The van der Waals surface area contributed by atoms with Gasteiger partial charge in [0.15, 0.2) is 11.4 Å². The van der Waals surface area contributed by atoms with Crippen LogP contribution in [-0.4, -0.2) is 9.97 Å². The normalized spacial score (nSPS) is 9.29. The zero-order chi connectivity index (χ0) is 12.1. The Hall–Kier alpha value is -2.37. The number of nitriles is 2. The number of rotatable bonds is 2. The minimum absolute atomic E-state index is 0.0601. The lowest BCUT2D eigenvalue weighted by Gasteiger charge is -2.00. The molecule has 0 radical (unpaired) electrons. The van der Waals surface area contributed by atoms with Gasteiger partial charge in [-0.1, -0.05) is 30.0 Å². The Balaban J connectivity index is 2.30. The van der Waals surface area contributed by atoms with Crippen molar-refractivity contribution in [2.75, 3.05) is 0 Å². The van der Waals surface area contributed by atoms with Gasteiger partial charge in [0.1, 0.15) is 17.2 Å². The van der Waals surface area contributed by atoms with Crippen molar-refractivity contribution in [1.29, 1.82) is 10.5 Å². The molecule has 0 aliphatic carbocycles. The van der Waals surface area contributed by atoms with E-state index in [1.165, 1.54) is 18.0 Å². The van der Waals surface area contributed by atoms with Crippen LogP contribution in [0.3, 0.4) is 0 Å². The van der Waals surface area contributed by atoms with Crippen LogP contribution in [-0.2, 0) is 0 Å². The van der Waals surface area contributed by atoms with Crippen molar-refractivity contribution in [2.24, 2.45) is 0 Å². The van der Waals surface area contributed by atoms with Gasteiger partial charge in [-0.05, 0) is 12.1 Å². The Labute approximate surface area is 103 Å². The minimum Gasteiger partial charge on any atom is -0.240 e. The quantitative estimate of drug-likeness (QED) is 0.803. The fraction of sp³-hybridized carbons (Fsp3) is 0. The summed E-state index contributed by atoms with van der Waals surface area (Å²) in [5.41, 5.74) is 0.123. The van der Waals surface area contributed by atoms with E-state index in [0.717, 1.165) is 4.90 Å². The first-order chi connectivity index (χ1) is 8.33. The highest BCUT2D eigenvalue weighted by molar-refractivity contribution is 7.99. The molecule has 2 aromatic rings. The smallest absolute Gasteiger partial charge is 0.178 e. The second kappa shape index (κ2) is 5.11. The second-order valence-corrected chi connectivity index (χ2v) is 4.14. The Morgan fingerprint density at radius 3 is 2.35 bits per heavy atom. The molecule has 1 aromatic heterocycles. The van der Waals surface area contributed by atoms with Crippen LogP contribution in [0.25, 0.3) is 0 Å². The fourth-order valence-electron chi connectivity index (χ4n) is 1.19. The zero-order valence-corrected chi connectivity index (χ0v) is 9.48. The first-order valence-corrected chi connectivity index (χ1v) is 5.55. The van der Waals surface area contributed by atoms with E-state index in [2.05, 4.69) is 9.97 Å². The Morgan fingerprint density at radius 1 is 1.00 bits per heavy atom. The van der Waals surface area contributed by atoms with Gasteiger partial charge in [-0.25, -0.2) is 9.97 Å². The van der Waals surface area contributed by atoms with Crippen molar-refractivity contribution in [2.45, 2.75) is 9.92 Å². The molecule has 0 saturated carbocycles. The molecule has 0 fully saturated rings. The third-order valence-electron chi connectivity index (χ3n) is 1.93. The Bertz CT molecular complexity index is 611. The summed E-state index contributed by atoms with van der Waals surface area (Å²) in [7, 11) is 0. The molecule has 1 aromatic carbocycles. The number of benzene rings is 1. The lowest BCUT2D eigenvalue weighted by molar-refractivity contribution is 1.01. The maximum atomic E-state index is 8.83. The third-order valence-corrected chi connectivity index (χ3v) is 2.84. The van der Waals surface area contributed by atoms with Crippen molar-refractivity contribution in [1.82, 2.24) is 9.97 Å². The number of hydrogen-bond acceptors (Lipinski definition) is 5. The molecule has 1 heterocycles. The summed E-state index contributed by atoms with van der Waals surface area (Å²) >= 11 is 1.40. The van der Waals surface area contributed by atoms with Crippen LogP contribution in [0.1, 0.15) is 11.4 Å². The first kappa shape index (κ1) is 11.1. The number of hydrogen-bond donors (Lipinski definition) is 0. The molecule has 5 heteroatoms. The molecular formula is C12H6N4S. The predicted molar refractivity (Wildman–Crippen MR) is 62.0 cm³/mol. The van der Waals surface area contributed by atoms with Crippen molar-refractivity contribution in [3.8, 4) is 12.1 Å². The summed E-state index contributed by atoms with van der Waals surface area (Å²) in [4.78, 5) is 8.98. The van der Waals surface area contributed by atoms with Gasteiger partial charge in [0.25, 0.3) is 0 Å². The summed E-state index contributed by atoms with van der Waals surface area (Å²) in [5, 5.41) is 18.2. The maximum Gasteiger partial charge on any atom is 0.178 e. The van der Waals surface area contributed by atoms with Gasteiger partial charge in [0.05, 0.1) is 6.20 Å². The molecule has 0 bridgehead atoms. The summed E-state index contributed by atoms with van der Waals surface area (Å²) in [5.74, 6) is 0. The van der Waals surface area contributed by atoms with Gasteiger partial charge in [-0.3, -0.25) is 0 Å². The highest BCUT2D eigenvalue weighted by Crippen LogP contribution is 2.25. The van der Waals surface area contributed by atoms with E-state index in [1.54, 1.807) is 0 Å². The molecule has 0 unspecified atom stereocenters. The van der Waals surface area contributed by atoms with Gasteiger partial charge in [0, 0.05) is 4.90 Å². The molecule has 2 rings (SSSR count). The molecule has 0 atom stereocenters. The fourth-order valence-corrected chi connectivity index (χ4v) is 1.97. The molecule has 0 N–H and O–H groups in total. The molecule has 80 valence electrons. The van der Waals surface area contributed by atoms with Gasteiger partial charge >= 0.3 is 0 Å². The van der Waals surface area contributed by atoms with Crippen molar-refractivity contribution in [3.05, 3.63) is 47.9 Å². The minimum atomic E-state index is 0.0601. The average Bonchev–Trinajstić information content (AvgIpc) is 2.40. The molecule has 4 nitrogen and oxygen atoms in total. The molecule has 0 spiro atoms. The second-order valence-electron chi connectivity index (χ2n) is 3.04. The van der Waals surface area contributed by atoms with E-state index in [-0.39, 0.29) is 11.4 Å². The van der Waals surface area contributed by atoms with E-state index in [0.29, 0.717) is 5.03 Å². The molecule has 0 aliphatic rings.